The molecule has 0 heterocycles. The molecule has 23 heavy (non-hydrogen) atoms. The van der Waals surface area contributed by atoms with E-state index >= 15 is 0 Å². The molecule has 128 valence electrons. The van der Waals surface area contributed by atoms with Crippen molar-refractivity contribution in [2.24, 2.45) is 5.92 Å². The summed E-state index contributed by atoms with van der Waals surface area (Å²) >= 11 is 0. The first-order valence-corrected chi connectivity index (χ1v) is 9.89. The summed E-state index contributed by atoms with van der Waals surface area (Å²) in [6, 6.07) is 6.15. The zero-order valence-electron chi connectivity index (χ0n) is 13.7. The van der Waals surface area contributed by atoms with Gasteiger partial charge in [0.05, 0.1) is 4.90 Å². The Bertz CT molecular complexity index is 622. The molecule has 0 aliphatic heterocycles. The fourth-order valence-corrected chi connectivity index (χ4v) is 4.16. The number of carbonyl (C=O) groups is 1. The number of hydrogen-bond acceptors (Lipinski definition) is 3. The maximum absolute atomic E-state index is 12.2. The molecule has 0 unspecified atom stereocenters. The molecule has 1 aliphatic rings. The molecule has 2 N–H and O–H groups in total. The SMILES string of the molecule is CCNS(=O)(=O)c1cccc(C(=O)NCCCC2CCCC2)c1. The third-order valence-electron chi connectivity index (χ3n) is 4.29. The molecule has 1 fully saturated rings. The van der Waals surface area contributed by atoms with E-state index in [-0.39, 0.29) is 10.8 Å². The Morgan fingerprint density at radius 1 is 1.26 bits per heavy atom. The minimum absolute atomic E-state index is 0.123. The minimum atomic E-state index is -3.53. The highest BCUT2D eigenvalue weighted by atomic mass is 32.2. The lowest BCUT2D eigenvalue weighted by molar-refractivity contribution is 0.0952. The maximum atomic E-state index is 12.2. The molecule has 0 bridgehead atoms. The molecule has 0 saturated heterocycles. The average Bonchev–Trinajstić information content (AvgIpc) is 3.05. The quantitative estimate of drug-likeness (QED) is 0.716. The molecule has 5 nitrogen and oxygen atoms in total. The van der Waals surface area contributed by atoms with E-state index in [9.17, 15) is 13.2 Å². The van der Waals surface area contributed by atoms with Gasteiger partial charge in [0.25, 0.3) is 5.91 Å². The van der Waals surface area contributed by atoms with Gasteiger partial charge in [-0.3, -0.25) is 4.79 Å². The number of rotatable bonds is 8. The van der Waals surface area contributed by atoms with Crippen LogP contribution in [0.25, 0.3) is 0 Å². The Morgan fingerprint density at radius 3 is 2.70 bits per heavy atom. The number of sulfonamides is 1. The van der Waals surface area contributed by atoms with Crippen molar-refractivity contribution in [1.82, 2.24) is 10.0 Å². The van der Waals surface area contributed by atoms with E-state index in [1.165, 1.54) is 37.8 Å². The van der Waals surface area contributed by atoms with Crippen molar-refractivity contribution in [1.29, 1.82) is 0 Å². The van der Waals surface area contributed by atoms with Crippen molar-refractivity contribution in [2.45, 2.75) is 50.3 Å². The van der Waals surface area contributed by atoms with Crippen LogP contribution in [0.5, 0.6) is 0 Å². The highest BCUT2D eigenvalue weighted by molar-refractivity contribution is 7.89. The standard InChI is InChI=1S/C17H26N2O3S/c1-2-19-23(21,22)16-11-5-10-15(13-16)17(20)18-12-6-9-14-7-3-4-8-14/h5,10-11,13-14,19H,2-4,6-9,12H2,1H3,(H,18,20). The van der Waals surface area contributed by atoms with Crippen LogP contribution in [0.15, 0.2) is 29.2 Å². The van der Waals surface area contributed by atoms with E-state index < -0.39 is 10.0 Å². The Morgan fingerprint density at radius 2 is 2.00 bits per heavy atom. The van der Waals surface area contributed by atoms with Crippen LogP contribution in [0.3, 0.4) is 0 Å². The van der Waals surface area contributed by atoms with Crippen LogP contribution in [0.1, 0.15) is 55.8 Å². The molecule has 1 aliphatic carbocycles. The van der Waals surface area contributed by atoms with Gasteiger partial charge in [0.2, 0.25) is 10.0 Å². The van der Waals surface area contributed by atoms with E-state index in [0.717, 1.165) is 18.8 Å². The highest BCUT2D eigenvalue weighted by Gasteiger charge is 2.16. The van der Waals surface area contributed by atoms with Gasteiger partial charge in [0, 0.05) is 18.7 Å². The summed E-state index contributed by atoms with van der Waals surface area (Å²) in [6.07, 6.45) is 7.45. The van der Waals surface area contributed by atoms with Gasteiger partial charge < -0.3 is 5.32 Å². The maximum Gasteiger partial charge on any atom is 0.251 e. The highest BCUT2D eigenvalue weighted by Crippen LogP contribution is 2.28. The third-order valence-corrected chi connectivity index (χ3v) is 5.83. The summed E-state index contributed by atoms with van der Waals surface area (Å²) in [5.41, 5.74) is 0.379. The fraction of sp³-hybridized carbons (Fsp3) is 0.588. The van der Waals surface area contributed by atoms with E-state index in [1.807, 2.05) is 0 Å². The van der Waals surface area contributed by atoms with Crippen LogP contribution in [0.2, 0.25) is 0 Å². The van der Waals surface area contributed by atoms with E-state index in [1.54, 1.807) is 19.1 Å². The first-order chi connectivity index (χ1) is 11.0. The molecule has 2 rings (SSSR count). The van der Waals surface area contributed by atoms with Crippen LogP contribution in [-0.2, 0) is 10.0 Å². The van der Waals surface area contributed by atoms with Crippen LogP contribution >= 0.6 is 0 Å². The predicted molar refractivity (Wildman–Crippen MR) is 90.8 cm³/mol. The second-order valence-electron chi connectivity index (χ2n) is 6.08. The van der Waals surface area contributed by atoms with Gasteiger partial charge in [-0.05, 0) is 37.0 Å². The summed E-state index contributed by atoms with van der Waals surface area (Å²) in [7, 11) is -3.53. The Hall–Kier alpha value is -1.40. The zero-order chi connectivity index (χ0) is 16.7. The summed E-state index contributed by atoms with van der Waals surface area (Å²) in [5.74, 6) is 0.602. The Labute approximate surface area is 138 Å². The van der Waals surface area contributed by atoms with Gasteiger partial charge in [-0.1, -0.05) is 38.7 Å². The first kappa shape index (κ1) is 17.9. The molecule has 1 amide bonds. The second-order valence-corrected chi connectivity index (χ2v) is 7.84. The molecular weight excluding hydrogens is 312 g/mol. The van der Waals surface area contributed by atoms with E-state index in [2.05, 4.69) is 10.0 Å². The van der Waals surface area contributed by atoms with Crippen molar-refractivity contribution in [3.8, 4) is 0 Å². The van der Waals surface area contributed by atoms with Gasteiger partial charge in [0.1, 0.15) is 0 Å². The summed E-state index contributed by atoms with van der Waals surface area (Å²) < 4.78 is 26.4. The van der Waals surface area contributed by atoms with Crippen LogP contribution in [-0.4, -0.2) is 27.4 Å². The number of carbonyl (C=O) groups excluding carboxylic acids is 1. The van der Waals surface area contributed by atoms with Crippen molar-refractivity contribution in [2.75, 3.05) is 13.1 Å². The molecule has 1 aromatic carbocycles. The summed E-state index contributed by atoms with van der Waals surface area (Å²) in [4.78, 5) is 12.3. The second kappa shape index (κ2) is 8.45. The normalized spacial score (nSPS) is 15.7. The van der Waals surface area contributed by atoms with Crippen molar-refractivity contribution < 1.29 is 13.2 Å². The summed E-state index contributed by atoms with van der Waals surface area (Å²) in [5, 5.41) is 2.88. The van der Waals surface area contributed by atoms with Gasteiger partial charge >= 0.3 is 0 Å². The topological polar surface area (TPSA) is 75.3 Å². The van der Waals surface area contributed by atoms with Crippen molar-refractivity contribution in [3.05, 3.63) is 29.8 Å². The van der Waals surface area contributed by atoms with Crippen molar-refractivity contribution >= 4 is 15.9 Å². The molecule has 6 heteroatoms. The zero-order valence-corrected chi connectivity index (χ0v) is 14.5. The molecule has 0 atom stereocenters. The third kappa shape index (κ3) is 5.32. The molecule has 0 spiro atoms. The van der Waals surface area contributed by atoms with Gasteiger partial charge in [0.15, 0.2) is 0 Å². The van der Waals surface area contributed by atoms with Gasteiger partial charge in [-0.2, -0.15) is 0 Å². The van der Waals surface area contributed by atoms with Gasteiger partial charge in [-0.25, -0.2) is 13.1 Å². The first-order valence-electron chi connectivity index (χ1n) is 8.41. The van der Waals surface area contributed by atoms with Crippen LogP contribution < -0.4 is 10.0 Å². The number of benzene rings is 1. The average molecular weight is 338 g/mol. The van der Waals surface area contributed by atoms with Gasteiger partial charge in [-0.15, -0.1) is 0 Å². The molecule has 1 saturated carbocycles. The molecular formula is C17H26N2O3S. The van der Waals surface area contributed by atoms with Crippen LogP contribution in [0.4, 0.5) is 0 Å². The molecule has 1 aromatic rings. The number of hydrogen-bond donors (Lipinski definition) is 2. The Kier molecular flexibility index (Phi) is 6.59. The van der Waals surface area contributed by atoms with E-state index in [0.29, 0.717) is 18.7 Å². The number of amides is 1. The van der Waals surface area contributed by atoms with Crippen molar-refractivity contribution in [3.63, 3.8) is 0 Å². The smallest absolute Gasteiger partial charge is 0.251 e. The molecule has 0 aromatic heterocycles. The largest absolute Gasteiger partial charge is 0.352 e. The summed E-state index contributed by atoms with van der Waals surface area (Å²) in [6.45, 7) is 2.68. The lowest BCUT2D eigenvalue weighted by Crippen LogP contribution is -2.26. The Balaban J connectivity index is 1.86. The van der Waals surface area contributed by atoms with Crippen LogP contribution in [0, 0.1) is 5.92 Å². The number of nitrogens with one attached hydrogen (secondary N) is 2. The fourth-order valence-electron chi connectivity index (χ4n) is 3.07. The lowest BCUT2D eigenvalue weighted by atomic mass is 10.0. The lowest BCUT2D eigenvalue weighted by Gasteiger charge is -2.10. The monoisotopic (exact) mass is 338 g/mol. The minimum Gasteiger partial charge on any atom is -0.352 e. The predicted octanol–water partition coefficient (Wildman–Crippen LogP) is 2.69. The molecule has 0 radical (unpaired) electrons. The van der Waals surface area contributed by atoms with E-state index in [4.69, 9.17) is 0 Å².